The predicted octanol–water partition coefficient (Wildman–Crippen LogP) is 5.51. The third-order valence-electron chi connectivity index (χ3n) is 6.44. The number of aliphatic hydroxyl groups excluding tert-OH is 1. The molecule has 0 bridgehead atoms. The SMILES string of the molecule is Cc1c(O)ccc([C@@H]2[C@@H](CC[C@H](O)c3ccc(F)cc3)C(=O)N2c2ccc(F)cc2)c1C. The summed E-state index contributed by atoms with van der Waals surface area (Å²) in [5, 5.41) is 20.6. The van der Waals surface area contributed by atoms with E-state index in [2.05, 4.69) is 0 Å². The molecule has 1 fully saturated rings. The number of aromatic hydroxyl groups is 1. The van der Waals surface area contributed by atoms with Gasteiger partial charge in [-0.3, -0.25) is 4.79 Å². The van der Waals surface area contributed by atoms with Crippen molar-refractivity contribution in [3.05, 3.63) is 94.6 Å². The minimum Gasteiger partial charge on any atom is -0.508 e. The van der Waals surface area contributed by atoms with Crippen LogP contribution in [0.25, 0.3) is 0 Å². The number of benzene rings is 3. The van der Waals surface area contributed by atoms with E-state index in [4.69, 9.17) is 0 Å². The molecule has 0 saturated carbocycles. The van der Waals surface area contributed by atoms with Crippen molar-refractivity contribution in [1.82, 2.24) is 0 Å². The zero-order valence-corrected chi connectivity index (χ0v) is 17.9. The van der Waals surface area contributed by atoms with Crippen molar-refractivity contribution in [2.45, 2.75) is 38.8 Å². The summed E-state index contributed by atoms with van der Waals surface area (Å²) in [6, 6.07) is 14.6. The molecule has 0 spiro atoms. The summed E-state index contributed by atoms with van der Waals surface area (Å²) in [5.41, 5.74) is 3.74. The molecule has 0 aliphatic carbocycles. The maximum atomic E-state index is 13.4. The normalized spacial score (nSPS) is 19.0. The first-order chi connectivity index (χ1) is 15.3. The molecule has 3 aromatic carbocycles. The third-order valence-corrected chi connectivity index (χ3v) is 6.44. The molecule has 0 unspecified atom stereocenters. The summed E-state index contributed by atoms with van der Waals surface area (Å²) in [7, 11) is 0. The Bertz CT molecular complexity index is 1130. The average molecular weight is 437 g/mol. The maximum Gasteiger partial charge on any atom is 0.233 e. The molecule has 32 heavy (non-hydrogen) atoms. The molecule has 0 radical (unpaired) electrons. The molecular formula is C26H25F2NO3. The largest absolute Gasteiger partial charge is 0.508 e. The van der Waals surface area contributed by atoms with Gasteiger partial charge in [-0.2, -0.15) is 0 Å². The molecule has 1 aliphatic heterocycles. The molecule has 6 heteroatoms. The first-order valence-corrected chi connectivity index (χ1v) is 10.6. The minimum atomic E-state index is -0.813. The van der Waals surface area contributed by atoms with E-state index >= 15 is 0 Å². The Kier molecular flexibility index (Phi) is 5.98. The molecule has 3 aromatic rings. The lowest BCUT2D eigenvalue weighted by Crippen LogP contribution is -2.55. The number of carbonyl (C=O) groups is 1. The molecule has 4 nitrogen and oxygen atoms in total. The Labute approximate surface area is 185 Å². The van der Waals surface area contributed by atoms with Crippen LogP contribution >= 0.6 is 0 Å². The fraction of sp³-hybridized carbons (Fsp3) is 0.269. The van der Waals surface area contributed by atoms with Crippen LogP contribution in [0.4, 0.5) is 14.5 Å². The van der Waals surface area contributed by atoms with Crippen LogP contribution in [0.3, 0.4) is 0 Å². The smallest absolute Gasteiger partial charge is 0.233 e. The fourth-order valence-corrected chi connectivity index (χ4v) is 4.41. The number of carbonyl (C=O) groups excluding carboxylic acids is 1. The number of halogens is 2. The van der Waals surface area contributed by atoms with Gasteiger partial charge >= 0.3 is 0 Å². The lowest BCUT2D eigenvalue weighted by atomic mass is 9.76. The van der Waals surface area contributed by atoms with E-state index in [1.165, 1.54) is 24.3 Å². The van der Waals surface area contributed by atoms with Gasteiger partial charge in [0.25, 0.3) is 0 Å². The van der Waals surface area contributed by atoms with Crippen molar-refractivity contribution >= 4 is 11.6 Å². The quantitative estimate of drug-likeness (QED) is 0.500. The number of phenolic OH excluding ortho intramolecular Hbond substituents is 1. The monoisotopic (exact) mass is 437 g/mol. The average Bonchev–Trinajstić information content (AvgIpc) is 2.78. The van der Waals surface area contributed by atoms with Gasteiger partial charge in [-0.25, -0.2) is 8.78 Å². The number of nitrogens with zero attached hydrogens (tertiary/aromatic N) is 1. The fourth-order valence-electron chi connectivity index (χ4n) is 4.41. The zero-order valence-electron chi connectivity index (χ0n) is 17.9. The summed E-state index contributed by atoms with van der Waals surface area (Å²) in [6.07, 6.45) is -0.0445. The number of aliphatic hydroxyl groups is 1. The standard InChI is InChI=1S/C26H25F2NO3/c1-15-16(2)23(30)13-11-21(15)25-22(12-14-24(31)17-3-5-18(27)6-4-17)26(32)29(25)20-9-7-19(28)8-10-20/h3-11,13,22,24-25,30-31H,12,14H2,1-2H3/t22-,24+,25-/m1/s1. The number of hydrogen-bond donors (Lipinski definition) is 2. The van der Waals surface area contributed by atoms with E-state index in [-0.39, 0.29) is 35.3 Å². The maximum absolute atomic E-state index is 13.4. The topological polar surface area (TPSA) is 60.8 Å². The van der Waals surface area contributed by atoms with Crippen LogP contribution < -0.4 is 4.90 Å². The van der Waals surface area contributed by atoms with Gasteiger partial charge in [0.15, 0.2) is 0 Å². The Morgan fingerprint density at radius 3 is 2.12 bits per heavy atom. The number of β-lactam (4-membered cyclic amide) rings is 1. The first kappa shape index (κ1) is 22.0. The summed E-state index contributed by atoms with van der Waals surface area (Å²) in [6.45, 7) is 3.73. The van der Waals surface area contributed by atoms with Gasteiger partial charge in [-0.15, -0.1) is 0 Å². The van der Waals surface area contributed by atoms with Crippen LogP contribution in [0, 0.1) is 31.4 Å². The Morgan fingerprint density at radius 2 is 1.50 bits per heavy atom. The second kappa shape index (κ2) is 8.71. The van der Waals surface area contributed by atoms with Crippen molar-refractivity contribution < 1.29 is 23.8 Å². The van der Waals surface area contributed by atoms with Crippen molar-refractivity contribution in [2.24, 2.45) is 5.92 Å². The summed E-state index contributed by atoms with van der Waals surface area (Å²) >= 11 is 0. The van der Waals surface area contributed by atoms with Crippen molar-refractivity contribution in [3.8, 4) is 5.75 Å². The lowest BCUT2D eigenvalue weighted by Gasteiger charge is -2.48. The van der Waals surface area contributed by atoms with Crippen LogP contribution in [0.2, 0.25) is 0 Å². The van der Waals surface area contributed by atoms with Gasteiger partial charge in [0, 0.05) is 5.69 Å². The third kappa shape index (κ3) is 3.98. The lowest BCUT2D eigenvalue weighted by molar-refractivity contribution is -0.131. The molecule has 0 aromatic heterocycles. The summed E-state index contributed by atoms with van der Waals surface area (Å²) in [5.74, 6) is -1.04. The summed E-state index contributed by atoms with van der Waals surface area (Å²) in [4.78, 5) is 14.8. The van der Waals surface area contributed by atoms with Gasteiger partial charge in [-0.05, 0) is 91.4 Å². The molecule has 1 aliphatic rings. The number of rotatable bonds is 6. The molecule has 2 N–H and O–H groups in total. The number of amides is 1. The van der Waals surface area contributed by atoms with E-state index in [1.54, 1.807) is 35.2 Å². The molecule has 1 amide bonds. The zero-order chi connectivity index (χ0) is 23.0. The highest BCUT2D eigenvalue weighted by molar-refractivity contribution is 6.03. The Balaban J connectivity index is 1.62. The Hall–Kier alpha value is -3.25. The molecule has 3 atom stereocenters. The van der Waals surface area contributed by atoms with Crippen LogP contribution in [0.15, 0.2) is 60.7 Å². The first-order valence-electron chi connectivity index (χ1n) is 10.6. The molecule has 4 rings (SSSR count). The van der Waals surface area contributed by atoms with E-state index in [0.717, 1.165) is 16.7 Å². The number of hydrogen-bond acceptors (Lipinski definition) is 3. The number of anilines is 1. The summed E-state index contributed by atoms with van der Waals surface area (Å²) < 4.78 is 26.6. The predicted molar refractivity (Wildman–Crippen MR) is 118 cm³/mol. The molecule has 1 heterocycles. The van der Waals surface area contributed by atoms with Crippen molar-refractivity contribution in [3.63, 3.8) is 0 Å². The van der Waals surface area contributed by atoms with Crippen molar-refractivity contribution in [2.75, 3.05) is 4.90 Å². The minimum absolute atomic E-state index is 0.0990. The molecule has 166 valence electrons. The van der Waals surface area contributed by atoms with Gasteiger partial charge in [-0.1, -0.05) is 18.2 Å². The van der Waals surface area contributed by atoms with Crippen LogP contribution in [-0.4, -0.2) is 16.1 Å². The van der Waals surface area contributed by atoms with Gasteiger partial charge in [0.1, 0.15) is 17.4 Å². The highest BCUT2D eigenvalue weighted by Crippen LogP contribution is 2.48. The molecule has 1 saturated heterocycles. The van der Waals surface area contributed by atoms with Crippen molar-refractivity contribution in [1.29, 1.82) is 0 Å². The van der Waals surface area contributed by atoms with Crippen LogP contribution in [0.1, 0.15) is 47.2 Å². The Morgan fingerprint density at radius 1 is 0.906 bits per heavy atom. The number of phenols is 1. The highest BCUT2D eigenvalue weighted by atomic mass is 19.1. The van der Waals surface area contributed by atoms with Gasteiger partial charge < -0.3 is 15.1 Å². The van der Waals surface area contributed by atoms with Gasteiger partial charge in [0.2, 0.25) is 5.91 Å². The second-order valence-corrected chi connectivity index (χ2v) is 8.30. The van der Waals surface area contributed by atoms with E-state index < -0.39 is 6.10 Å². The highest BCUT2D eigenvalue weighted by Gasteiger charge is 2.49. The van der Waals surface area contributed by atoms with E-state index in [9.17, 15) is 23.8 Å². The van der Waals surface area contributed by atoms with Gasteiger partial charge in [0.05, 0.1) is 18.1 Å². The molecular weight excluding hydrogens is 412 g/mol. The van der Waals surface area contributed by atoms with Crippen LogP contribution in [0.5, 0.6) is 5.75 Å². The second-order valence-electron chi connectivity index (χ2n) is 8.30. The van der Waals surface area contributed by atoms with Crippen LogP contribution in [-0.2, 0) is 4.79 Å². The van der Waals surface area contributed by atoms with E-state index in [1.807, 2.05) is 19.9 Å². The van der Waals surface area contributed by atoms with E-state index in [0.29, 0.717) is 24.1 Å².